The summed E-state index contributed by atoms with van der Waals surface area (Å²) in [5.41, 5.74) is 6.14. The first-order valence-electron chi connectivity index (χ1n) is 6.32. The summed E-state index contributed by atoms with van der Waals surface area (Å²) in [7, 11) is 0. The van der Waals surface area contributed by atoms with Gasteiger partial charge in [0.2, 0.25) is 0 Å². The number of aromatic nitrogens is 2. The van der Waals surface area contributed by atoms with Crippen LogP contribution in [0.5, 0.6) is 0 Å². The first-order chi connectivity index (χ1) is 9.46. The molecule has 0 aliphatic carbocycles. The Balaban J connectivity index is 1.94. The fourth-order valence-corrected chi connectivity index (χ4v) is 2.66. The van der Waals surface area contributed by atoms with Gasteiger partial charge in [0, 0.05) is 0 Å². The number of nitrogen functional groups attached to an aromatic ring is 1. The maximum atomic E-state index is 9.39. The van der Waals surface area contributed by atoms with Gasteiger partial charge in [-0.25, -0.2) is 4.68 Å². The predicted molar refractivity (Wildman–Crippen MR) is 66.2 cm³/mol. The fourth-order valence-electron chi connectivity index (χ4n) is 2.66. The zero-order chi connectivity index (χ0) is 14.5. The normalized spacial score (nSPS) is 34.9. The fraction of sp³-hybridized carbons (Fsp3) is 0.667. The van der Waals surface area contributed by atoms with Crippen LogP contribution in [0.2, 0.25) is 0 Å². The number of anilines is 1. The number of nitriles is 1. The second kappa shape index (κ2) is 4.43. The van der Waals surface area contributed by atoms with E-state index in [9.17, 15) is 5.11 Å². The van der Waals surface area contributed by atoms with Gasteiger partial charge in [0.15, 0.2) is 12.0 Å². The van der Waals surface area contributed by atoms with E-state index in [0.29, 0.717) is 0 Å². The van der Waals surface area contributed by atoms with Crippen molar-refractivity contribution in [1.82, 2.24) is 9.78 Å². The molecule has 0 bridgehead atoms. The Bertz CT molecular complexity index is 564. The van der Waals surface area contributed by atoms with Crippen molar-refractivity contribution in [2.45, 2.75) is 44.2 Å². The number of nitrogens with zero attached hydrogens (tertiary/aromatic N) is 3. The first-order valence-corrected chi connectivity index (χ1v) is 6.32. The Hall–Kier alpha value is -1.66. The van der Waals surface area contributed by atoms with E-state index in [2.05, 4.69) is 5.10 Å². The van der Waals surface area contributed by atoms with Crippen LogP contribution < -0.4 is 5.73 Å². The minimum Gasteiger partial charge on any atom is -0.394 e. The molecule has 0 radical (unpaired) electrons. The SMILES string of the molecule is CC1(C)OC2C(CO)OC(n3ncc(C#N)c3N)C2O1. The van der Waals surface area contributed by atoms with Gasteiger partial charge < -0.3 is 25.1 Å². The van der Waals surface area contributed by atoms with Crippen LogP contribution in [0.4, 0.5) is 5.82 Å². The molecule has 20 heavy (non-hydrogen) atoms. The van der Waals surface area contributed by atoms with E-state index in [1.807, 2.05) is 6.07 Å². The van der Waals surface area contributed by atoms with Crippen LogP contribution in [0.15, 0.2) is 6.20 Å². The molecule has 8 nitrogen and oxygen atoms in total. The lowest BCUT2D eigenvalue weighted by atomic mass is 10.1. The molecule has 2 saturated heterocycles. The van der Waals surface area contributed by atoms with E-state index in [-0.39, 0.29) is 18.0 Å². The predicted octanol–water partition coefficient (Wildman–Crippen LogP) is -0.253. The highest BCUT2D eigenvalue weighted by molar-refractivity contribution is 5.47. The third-order valence-corrected chi connectivity index (χ3v) is 3.50. The van der Waals surface area contributed by atoms with Crippen LogP contribution in [-0.2, 0) is 14.2 Å². The minimum atomic E-state index is -0.759. The smallest absolute Gasteiger partial charge is 0.181 e. The number of fused-ring (bicyclic) bond motifs is 1. The molecule has 0 spiro atoms. The Labute approximate surface area is 115 Å². The summed E-state index contributed by atoms with van der Waals surface area (Å²) in [6.07, 6.45) is -0.590. The highest BCUT2D eigenvalue weighted by atomic mass is 16.8. The van der Waals surface area contributed by atoms with Crippen LogP contribution in [0.1, 0.15) is 25.6 Å². The summed E-state index contributed by atoms with van der Waals surface area (Å²) in [6.45, 7) is 3.40. The van der Waals surface area contributed by atoms with E-state index in [1.54, 1.807) is 13.8 Å². The number of aliphatic hydroxyl groups is 1. The lowest BCUT2D eigenvalue weighted by Gasteiger charge is -2.24. The van der Waals surface area contributed by atoms with Gasteiger partial charge in [-0.1, -0.05) is 0 Å². The summed E-state index contributed by atoms with van der Waals surface area (Å²) in [6, 6.07) is 1.95. The van der Waals surface area contributed by atoms with Gasteiger partial charge in [0.25, 0.3) is 0 Å². The maximum Gasteiger partial charge on any atom is 0.181 e. The van der Waals surface area contributed by atoms with Crippen molar-refractivity contribution in [3.8, 4) is 6.07 Å². The van der Waals surface area contributed by atoms with Crippen molar-refractivity contribution in [2.24, 2.45) is 0 Å². The van der Waals surface area contributed by atoms with Crippen molar-refractivity contribution in [3.63, 3.8) is 0 Å². The van der Waals surface area contributed by atoms with E-state index < -0.39 is 30.3 Å². The lowest BCUT2D eigenvalue weighted by molar-refractivity contribution is -0.201. The standard InChI is InChI=1S/C12H16N4O4/c1-12(2)19-8-7(5-17)18-11(9(8)20-12)16-10(14)6(3-13)4-15-16/h4,7-9,11,17H,5,14H2,1-2H3. The molecule has 4 atom stereocenters. The summed E-state index contributed by atoms with van der Waals surface area (Å²) in [5, 5.41) is 22.4. The Kier molecular flexibility index (Phi) is 2.95. The quantitative estimate of drug-likeness (QED) is 0.767. The molecule has 2 aliphatic rings. The van der Waals surface area contributed by atoms with Crippen molar-refractivity contribution >= 4 is 5.82 Å². The van der Waals surface area contributed by atoms with Gasteiger partial charge in [-0.3, -0.25) is 0 Å². The van der Waals surface area contributed by atoms with Gasteiger partial charge in [-0.05, 0) is 13.8 Å². The van der Waals surface area contributed by atoms with Gasteiger partial charge >= 0.3 is 0 Å². The Morgan fingerprint density at radius 1 is 1.50 bits per heavy atom. The number of aliphatic hydroxyl groups excluding tert-OH is 1. The minimum absolute atomic E-state index is 0.191. The summed E-state index contributed by atoms with van der Waals surface area (Å²) in [4.78, 5) is 0. The van der Waals surface area contributed by atoms with Gasteiger partial charge in [-0.2, -0.15) is 10.4 Å². The van der Waals surface area contributed by atoms with E-state index in [0.717, 1.165) is 0 Å². The van der Waals surface area contributed by atoms with Crippen molar-refractivity contribution in [1.29, 1.82) is 5.26 Å². The molecular formula is C12H16N4O4. The molecule has 0 amide bonds. The Morgan fingerprint density at radius 2 is 2.20 bits per heavy atom. The topological polar surface area (TPSA) is 116 Å². The van der Waals surface area contributed by atoms with Crippen molar-refractivity contribution < 1.29 is 19.3 Å². The van der Waals surface area contributed by atoms with Crippen LogP contribution in [0, 0.1) is 11.3 Å². The lowest BCUT2D eigenvalue weighted by Crippen LogP contribution is -2.31. The van der Waals surface area contributed by atoms with Gasteiger partial charge in [0.1, 0.15) is 35.8 Å². The number of nitrogens with two attached hydrogens (primary N) is 1. The average molecular weight is 280 g/mol. The largest absolute Gasteiger partial charge is 0.394 e. The molecule has 3 N–H and O–H groups in total. The molecule has 3 heterocycles. The average Bonchev–Trinajstić information content (AvgIpc) is 3.00. The van der Waals surface area contributed by atoms with Crippen LogP contribution in [0.3, 0.4) is 0 Å². The molecule has 2 fully saturated rings. The second-order valence-corrected chi connectivity index (χ2v) is 5.31. The molecule has 108 valence electrons. The van der Waals surface area contributed by atoms with Crippen LogP contribution in [-0.4, -0.2) is 45.6 Å². The molecule has 1 aromatic rings. The number of hydrogen-bond donors (Lipinski definition) is 2. The molecule has 1 aromatic heterocycles. The monoisotopic (exact) mass is 280 g/mol. The summed E-state index contributed by atoms with van der Waals surface area (Å²) >= 11 is 0. The number of hydrogen-bond acceptors (Lipinski definition) is 7. The first kappa shape index (κ1) is 13.3. The van der Waals surface area contributed by atoms with Crippen LogP contribution >= 0.6 is 0 Å². The third-order valence-electron chi connectivity index (χ3n) is 3.50. The molecule has 2 aliphatic heterocycles. The third kappa shape index (κ3) is 1.87. The molecule has 3 rings (SSSR count). The molecule has 8 heteroatoms. The van der Waals surface area contributed by atoms with Gasteiger partial charge in [-0.15, -0.1) is 0 Å². The van der Waals surface area contributed by atoms with E-state index in [1.165, 1.54) is 10.9 Å². The zero-order valence-electron chi connectivity index (χ0n) is 11.2. The second-order valence-electron chi connectivity index (χ2n) is 5.31. The number of rotatable bonds is 2. The van der Waals surface area contributed by atoms with Crippen LogP contribution in [0.25, 0.3) is 0 Å². The highest BCUT2D eigenvalue weighted by Gasteiger charge is 2.56. The van der Waals surface area contributed by atoms with E-state index in [4.69, 9.17) is 25.2 Å². The number of ether oxygens (including phenoxy) is 3. The summed E-state index contributed by atoms with van der Waals surface area (Å²) in [5.74, 6) is -0.548. The van der Waals surface area contributed by atoms with Crippen molar-refractivity contribution in [2.75, 3.05) is 12.3 Å². The van der Waals surface area contributed by atoms with E-state index >= 15 is 0 Å². The molecule has 0 aromatic carbocycles. The Morgan fingerprint density at radius 3 is 2.80 bits per heavy atom. The molecular weight excluding hydrogens is 264 g/mol. The van der Waals surface area contributed by atoms with Crippen molar-refractivity contribution in [3.05, 3.63) is 11.8 Å². The molecule has 0 saturated carbocycles. The molecule has 4 unspecified atom stereocenters. The maximum absolute atomic E-state index is 9.39. The highest BCUT2D eigenvalue weighted by Crippen LogP contribution is 2.43. The van der Waals surface area contributed by atoms with Gasteiger partial charge in [0.05, 0.1) is 12.8 Å². The zero-order valence-corrected chi connectivity index (χ0v) is 11.2. The summed E-state index contributed by atoms with van der Waals surface area (Å²) < 4.78 is 18.7.